The number of fused-ring (bicyclic) bond motifs is 1. The van der Waals surface area contributed by atoms with Crippen molar-refractivity contribution in [3.8, 4) is 11.4 Å². The normalized spacial score (nSPS) is 11.2. The Kier molecular flexibility index (Phi) is 4.91. The monoisotopic (exact) mass is 398 g/mol. The summed E-state index contributed by atoms with van der Waals surface area (Å²) >= 11 is 7.35. The Morgan fingerprint density at radius 1 is 1.04 bits per heavy atom. The van der Waals surface area contributed by atoms with Gasteiger partial charge in [-0.1, -0.05) is 40.7 Å². The number of hydrogen-bond donors (Lipinski definition) is 0. The zero-order valence-electron chi connectivity index (χ0n) is 14.4. The summed E-state index contributed by atoms with van der Waals surface area (Å²) in [5.74, 6) is 1.06. The van der Waals surface area contributed by atoms with Crippen molar-refractivity contribution < 1.29 is 0 Å². The predicted molar refractivity (Wildman–Crippen MR) is 106 cm³/mol. The highest BCUT2D eigenvalue weighted by Crippen LogP contribution is 2.25. The van der Waals surface area contributed by atoms with E-state index in [1.165, 1.54) is 16.4 Å². The molecule has 0 N–H and O–H groups in total. The molecule has 0 unspecified atom stereocenters. The third-order valence-electron chi connectivity index (χ3n) is 4.08. The first-order chi connectivity index (χ1) is 13.2. The van der Waals surface area contributed by atoms with Crippen LogP contribution in [0.15, 0.2) is 58.5 Å². The molecule has 7 nitrogen and oxygen atoms in total. The second-order valence-electron chi connectivity index (χ2n) is 5.74. The summed E-state index contributed by atoms with van der Waals surface area (Å²) in [6.07, 6.45) is 0. The number of nitrogens with zero attached hydrogens (tertiary/aromatic N) is 6. The van der Waals surface area contributed by atoms with Crippen LogP contribution in [0.25, 0.3) is 22.3 Å². The smallest absolute Gasteiger partial charge is 0.278 e. The van der Waals surface area contributed by atoms with Crippen molar-refractivity contribution in [3.63, 3.8) is 0 Å². The van der Waals surface area contributed by atoms with E-state index in [0.29, 0.717) is 33.5 Å². The Balaban J connectivity index is 1.61. The minimum absolute atomic E-state index is 0.173. The van der Waals surface area contributed by atoms with Crippen molar-refractivity contribution in [3.05, 3.63) is 63.9 Å². The molecule has 4 aromatic rings. The Labute approximate surface area is 164 Å². The van der Waals surface area contributed by atoms with Gasteiger partial charge in [-0.25, -0.2) is 0 Å². The lowest BCUT2D eigenvalue weighted by atomic mass is 10.2. The molecule has 0 radical (unpaired) electrons. The number of thioether (sulfide) groups is 1. The average molecular weight is 399 g/mol. The molecule has 2 aromatic heterocycles. The molecule has 0 saturated heterocycles. The minimum Gasteiger partial charge on any atom is -0.302 e. The van der Waals surface area contributed by atoms with E-state index in [2.05, 4.69) is 20.5 Å². The summed E-state index contributed by atoms with van der Waals surface area (Å²) in [4.78, 5) is 12.6. The van der Waals surface area contributed by atoms with Crippen LogP contribution in [0.1, 0.15) is 6.92 Å². The van der Waals surface area contributed by atoms with Gasteiger partial charge in [0.25, 0.3) is 5.56 Å². The minimum atomic E-state index is -0.173. The number of halogens is 1. The van der Waals surface area contributed by atoms with Crippen LogP contribution < -0.4 is 5.56 Å². The molecular weight excluding hydrogens is 384 g/mol. The maximum absolute atomic E-state index is 12.6. The summed E-state index contributed by atoms with van der Waals surface area (Å²) in [6.45, 7) is 2.72. The maximum atomic E-state index is 12.6. The van der Waals surface area contributed by atoms with E-state index < -0.39 is 0 Å². The van der Waals surface area contributed by atoms with Crippen LogP contribution in [0.4, 0.5) is 0 Å². The Morgan fingerprint density at radius 3 is 2.59 bits per heavy atom. The van der Waals surface area contributed by atoms with Crippen LogP contribution in [0.2, 0.25) is 5.02 Å². The van der Waals surface area contributed by atoms with E-state index in [9.17, 15) is 4.79 Å². The predicted octanol–water partition coefficient (Wildman–Crippen LogP) is 3.47. The fourth-order valence-electron chi connectivity index (χ4n) is 2.72. The SMILES string of the molecule is CCn1c(SCn2nnc3ccccc3c2=O)nnc1-c1ccc(Cl)cc1. The lowest BCUT2D eigenvalue weighted by molar-refractivity contribution is 0.637. The molecule has 0 atom stereocenters. The molecule has 0 aliphatic heterocycles. The summed E-state index contributed by atoms with van der Waals surface area (Å²) in [5, 5.41) is 18.6. The second kappa shape index (κ2) is 7.50. The Bertz CT molecular complexity index is 1150. The second-order valence-corrected chi connectivity index (χ2v) is 7.09. The molecule has 136 valence electrons. The van der Waals surface area contributed by atoms with Gasteiger partial charge in [0.15, 0.2) is 11.0 Å². The standard InChI is InChI=1S/C18H15ClN6OS/c1-2-24-16(12-7-9-13(19)10-8-12)21-22-18(24)27-11-25-17(26)14-5-3-4-6-15(14)20-23-25/h3-10H,2,11H2,1H3. The quantitative estimate of drug-likeness (QED) is 0.479. The summed E-state index contributed by atoms with van der Waals surface area (Å²) < 4.78 is 3.33. The highest BCUT2D eigenvalue weighted by molar-refractivity contribution is 7.98. The van der Waals surface area contributed by atoms with E-state index in [0.717, 1.165) is 11.4 Å². The van der Waals surface area contributed by atoms with Gasteiger partial charge in [0, 0.05) is 17.1 Å². The van der Waals surface area contributed by atoms with Crippen molar-refractivity contribution in [2.75, 3.05) is 0 Å². The summed E-state index contributed by atoms with van der Waals surface area (Å²) in [5.41, 5.74) is 1.35. The van der Waals surface area contributed by atoms with Gasteiger partial charge in [0.1, 0.15) is 5.52 Å². The van der Waals surface area contributed by atoms with Gasteiger partial charge in [0.2, 0.25) is 0 Å². The van der Waals surface area contributed by atoms with Gasteiger partial charge >= 0.3 is 0 Å². The van der Waals surface area contributed by atoms with Crippen molar-refractivity contribution in [2.24, 2.45) is 0 Å². The molecule has 0 spiro atoms. The Hall–Kier alpha value is -2.71. The maximum Gasteiger partial charge on any atom is 0.278 e. The molecule has 0 aliphatic carbocycles. The molecule has 4 rings (SSSR count). The van der Waals surface area contributed by atoms with Crippen LogP contribution in [-0.4, -0.2) is 29.8 Å². The van der Waals surface area contributed by atoms with E-state index >= 15 is 0 Å². The first kappa shape index (κ1) is 17.7. The van der Waals surface area contributed by atoms with Gasteiger partial charge in [0.05, 0.1) is 11.3 Å². The lowest BCUT2D eigenvalue weighted by Gasteiger charge is -2.08. The highest BCUT2D eigenvalue weighted by atomic mass is 35.5. The molecule has 0 aliphatic rings. The summed E-state index contributed by atoms with van der Waals surface area (Å²) in [6, 6.07) is 14.6. The zero-order chi connectivity index (χ0) is 18.8. The van der Waals surface area contributed by atoms with Crippen LogP contribution in [0, 0.1) is 0 Å². The van der Waals surface area contributed by atoms with Gasteiger partial charge in [-0.05, 0) is 43.3 Å². The highest BCUT2D eigenvalue weighted by Gasteiger charge is 2.14. The average Bonchev–Trinajstić information content (AvgIpc) is 3.11. The third kappa shape index (κ3) is 3.45. The Morgan fingerprint density at radius 2 is 1.81 bits per heavy atom. The van der Waals surface area contributed by atoms with Crippen molar-refractivity contribution in [1.29, 1.82) is 0 Å². The molecule has 27 heavy (non-hydrogen) atoms. The first-order valence-corrected chi connectivity index (χ1v) is 9.68. The third-order valence-corrected chi connectivity index (χ3v) is 5.27. The summed E-state index contributed by atoms with van der Waals surface area (Å²) in [7, 11) is 0. The fraction of sp³-hybridized carbons (Fsp3) is 0.167. The fourth-order valence-corrected chi connectivity index (χ4v) is 3.72. The molecule has 0 amide bonds. The van der Waals surface area contributed by atoms with Gasteiger partial charge in [-0.2, -0.15) is 4.68 Å². The van der Waals surface area contributed by atoms with Crippen molar-refractivity contribution in [2.45, 2.75) is 24.5 Å². The number of rotatable bonds is 5. The van der Waals surface area contributed by atoms with Crippen LogP contribution in [0.3, 0.4) is 0 Å². The van der Waals surface area contributed by atoms with Crippen molar-refractivity contribution in [1.82, 2.24) is 29.8 Å². The van der Waals surface area contributed by atoms with Crippen LogP contribution >= 0.6 is 23.4 Å². The molecule has 9 heteroatoms. The molecule has 2 aromatic carbocycles. The number of hydrogen-bond acceptors (Lipinski definition) is 6. The van der Waals surface area contributed by atoms with E-state index in [1.54, 1.807) is 12.1 Å². The molecule has 0 saturated carbocycles. The van der Waals surface area contributed by atoms with E-state index in [-0.39, 0.29) is 5.56 Å². The molecule has 2 heterocycles. The molecule has 0 bridgehead atoms. The van der Waals surface area contributed by atoms with Gasteiger partial charge in [-0.15, -0.1) is 15.3 Å². The largest absolute Gasteiger partial charge is 0.302 e. The van der Waals surface area contributed by atoms with Crippen LogP contribution in [-0.2, 0) is 12.4 Å². The number of aromatic nitrogens is 6. The van der Waals surface area contributed by atoms with Gasteiger partial charge in [-0.3, -0.25) is 4.79 Å². The molecule has 0 fully saturated rings. The van der Waals surface area contributed by atoms with Gasteiger partial charge < -0.3 is 4.57 Å². The lowest BCUT2D eigenvalue weighted by Crippen LogP contribution is -2.23. The first-order valence-electron chi connectivity index (χ1n) is 8.32. The van der Waals surface area contributed by atoms with Crippen LogP contribution in [0.5, 0.6) is 0 Å². The van der Waals surface area contributed by atoms with Crippen molar-refractivity contribution >= 4 is 34.3 Å². The number of benzene rings is 2. The topological polar surface area (TPSA) is 78.5 Å². The molecular formula is C18H15ClN6OS. The zero-order valence-corrected chi connectivity index (χ0v) is 16.0. The van der Waals surface area contributed by atoms with E-state index in [4.69, 9.17) is 11.6 Å². The van der Waals surface area contributed by atoms with E-state index in [1.807, 2.05) is 47.9 Å².